The fourth-order valence-electron chi connectivity index (χ4n) is 3.01. The molecule has 1 aliphatic rings. The molecule has 118 valence electrons. The van der Waals surface area contributed by atoms with Gasteiger partial charge < -0.3 is 10.4 Å². The third-order valence-corrected chi connectivity index (χ3v) is 4.73. The summed E-state index contributed by atoms with van der Waals surface area (Å²) in [4.78, 5) is 12.9. The Kier molecular flexibility index (Phi) is 5.27. The molecule has 0 bridgehead atoms. The number of amides is 1. The molecule has 1 heterocycles. The van der Waals surface area contributed by atoms with Crippen molar-refractivity contribution >= 4 is 5.91 Å². The molecule has 1 amide bonds. The standard InChI is InChI=1S/C14H25N5O2/c1-3-11(2)12(9-20)16-13(21)14(7-5-4-6-8-14)19-10-15-17-18-19/h10-12,20H,3-9H2,1-2H3,(H,16,21)/t11-,12+/m0/s1. The van der Waals surface area contributed by atoms with E-state index in [1.165, 1.54) is 6.33 Å². The van der Waals surface area contributed by atoms with Crippen molar-refractivity contribution in [3.05, 3.63) is 6.33 Å². The molecular weight excluding hydrogens is 270 g/mol. The summed E-state index contributed by atoms with van der Waals surface area (Å²) in [5.74, 6) is 0.155. The minimum absolute atomic E-state index is 0.0492. The molecule has 2 atom stereocenters. The first-order valence-corrected chi connectivity index (χ1v) is 7.79. The van der Waals surface area contributed by atoms with Crippen LogP contribution in [0, 0.1) is 5.92 Å². The molecule has 0 unspecified atom stereocenters. The van der Waals surface area contributed by atoms with E-state index in [1.54, 1.807) is 4.68 Å². The van der Waals surface area contributed by atoms with Gasteiger partial charge in [-0.25, -0.2) is 4.68 Å². The van der Waals surface area contributed by atoms with Crippen LogP contribution >= 0.6 is 0 Å². The van der Waals surface area contributed by atoms with Crippen LogP contribution in [0.1, 0.15) is 52.4 Å². The van der Waals surface area contributed by atoms with Crippen molar-refractivity contribution in [3.63, 3.8) is 0 Å². The van der Waals surface area contributed by atoms with E-state index in [0.29, 0.717) is 0 Å². The number of nitrogens with zero attached hydrogens (tertiary/aromatic N) is 4. The van der Waals surface area contributed by atoms with E-state index >= 15 is 0 Å². The number of nitrogens with one attached hydrogen (secondary N) is 1. The molecule has 1 saturated carbocycles. The van der Waals surface area contributed by atoms with Gasteiger partial charge in [-0.1, -0.05) is 39.5 Å². The van der Waals surface area contributed by atoms with Crippen molar-refractivity contribution in [2.24, 2.45) is 5.92 Å². The first kappa shape index (κ1) is 15.9. The minimum atomic E-state index is -0.706. The third kappa shape index (κ3) is 3.23. The molecule has 2 rings (SSSR count). The second kappa shape index (κ2) is 6.98. The third-order valence-electron chi connectivity index (χ3n) is 4.73. The molecule has 7 nitrogen and oxygen atoms in total. The Bertz CT molecular complexity index is 442. The van der Waals surface area contributed by atoms with Gasteiger partial charge in [0.15, 0.2) is 0 Å². The lowest BCUT2D eigenvalue weighted by Gasteiger charge is -2.37. The predicted molar refractivity (Wildman–Crippen MR) is 77.3 cm³/mol. The van der Waals surface area contributed by atoms with Crippen LogP contribution in [0.2, 0.25) is 0 Å². The van der Waals surface area contributed by atoms with Crippen LogP contribution in [0.25, 0.3) is 0 Å². The number of carbonyl (C=O) groups is 1. The molecule has 2 N–H and O–H groups in total. The summed E-state index contributed by atoms with van der Waals surface area (Å²) in [6.45, 7) is 4.04. The van der Waals surface area contributed by atoms with Gasteiger partial charge in [-0.2, -0.15) is 0 Å². The highest BCUT2D eigenvalue weighted by Gasteiger charge is 2.43. The highest BCUT2D eigenvalue weighted by Crippen LogP contribution is 2.34. The Morgan fingerprint density at radius 1 is 1.43 bits per heavy atom. The summed E-state index contributed by atoms with van der Waals surface area (Å²) in [6, 6.07) is -0.224. The molecule has 7 heteroatoms. The molecule has 0 aromatic carbocycles. The van der Waals surface area contributed by atoms with E-state index in [-0.39, 0.29) is 24.5 Å². The van der Waals surface area contributed by atoms with Gasteiger partial charge in [0.25, 0.3) is 0 Å². The highest BCUT2D eigenvalue weighted by atomic mass is 16.3. The zero-order valence-corrected chi connectivity index (χ0v) is 12.8. The van der Waals surface area contributed by atoms with Crippen molar-refractivity contribution in [2.75, 3.05) is 6.61 Å². The number of rotatable bonds is 6. The Morgan fingerprint density at radius 2 is 2.14 bits per heavy atom. The fourth-order valence-corrected chi connectivity index (χ4v) is 3.01. The minimum Gasteiger partial charge on any atom is -0.394 e. The monoisotopic (exact) mass is 295 g/mol. The summed E-state index contributed by atoms with van der Waals surface area (Å²) in [6.07, 6.45) is 7.00. The van der Waals surface area contributed by atoms with Gasteiger partial charge in [-0.05, 0) is 29.2 Å². The van der Waals surface area contributed by atoms with E-state index < -0.39 is 5.54 Å². The number of aliphatic hydroxyl groups excluding tert-OH is 1. The second-order valence-electron chi connectivity index (χ2n) is 5.99. The quantitative estimate of drug-likeness (QED) is 0.812. The zero-order valence-electron chi connectivity index (χ0n) is 12.8. The van der Waals surface area contributed by atoms with E-state index in [0.717, 1.165) is 38.5 Å². The molecule has 1 aromatic rings. The average molecular weight is 295 g/mol. The lowest BCUT2D eigenvalue weighted by atomic mass is 9.80. The van der Waals surface area contributed by atoms with E-state index in [1.807, 2.05) is 6.92 Å². The van der Waals surface area contributed by atoms with Crippen LogP contribution in [0.3, 0.4) is 0 Å². The maximum atomic E-state index is 12.9. The molecule has 21 heavy (non-hydrogen) atoms. The maximum absolute atomic E-state index is 12.9. The van der Waals surface area contributed by atoms with Crippen molar-refractivity contribution in [3.8, 4) is 0 Å². The summed E-state index contributed by atoms with van der Waals surface area (Å²) >= 11 is 0. The first-order chi connectivity index (χ1) is 10.1. The molecule has 0 radical (unpaired) electrons. The zero-order chi connectivity index (χ0) is 15.3. The molecule has 0 aliphatic heterocycles. The molecule has 0 spiro atoms. The number of carbonyl (C=O) groups excluding carboxylic acids is 1. The number of aromatic nitrogens is 4. The number of tetrazole rings is 1. The van der Waals surface area contributed by atoms with Crippen LogP contribution in [-0.2, 0) is 10.3 Å². The Morgan fingerprint density at radius 3 is 2.67 bits per heavy atom. The Hall–Kier alpha value is -1.50. The fraction of sp³-hybridized carbons (Fsp3) is 0.857. The van der Waals surface area contributed by atoms with Gasteiger partial charge in [-0.15, -0.1) is 5.10 Å². The highest BCUT2D eigenvalue weighted by molar-refractivity contribution is 5.84. The molecular formula is C14H25N5O2. The largest absolute Gasteiger partial charge is 0.394 e. The topological polar surface area (TPSA) is 92.9 Å². The SMILES string of the molecule is CC[C@H](C)[C@@H](CO)NC(=O)C1(n2cnnn2)CCCCC1. The molecule has 1 fully saturated rings. The summed E-state index contributed by atoms with van der Waals surface area (Å²) < 4.78 is 1.59. The smallest absolute Gasteiger partial charge is 0.248 e. The molecule has 1 aromatic heterocycles. The van der Waals surface area contributed by atoms with E-state index in [9.17, 15) is 9.90 Å². The van der Waals surface area contributed by atoms with E-state index in [2.05, 4.69) is 27.8 Å². The van der Waals surface area contributed by atoms with Gasteiger partial charge in [0.1, 0.15) is 11.9 Å². The molecule has 1 aliphatic carbocycles. The normalized spacial score (nSPS) is 20.7. The van der Waals surface area contributed by atoms with Gasteiger partial charge >= 0.3 is 0 Å². The summed E-state index contributed by atoms with van der Waals surface area (Å²) in [5.41, 5.74) is -0.706. The van der Waals surface area contributed by atoms with Crippen LogP contribution in [0.5, 0.6) is 0 Å². The van der Waals surface area contributed by atoms with Gasteiger partial charge in [0, 0.05) is 0 Å². The van der Waals surface area contributed by atoms with Crippen molar-refractivity contribution in [1.29, 1.82) is 0 Å². The maximum Gasteiger partial charge on any atom is 0.248 e. The van der Waals surface area contributed by atoms with Crippen LogP contribution < -0.4 is 5.32 Å². The van der Waals surface area contributed by atoms with Crippen LogP contribution in [0.4, 0.5) is 0 Å². The predicted octanol–water partition coefficient (Wildman–Crippen LogP) is 0.856. The Labute approximate surface area is 125 Å². The van der Waals surface area contributed by atoms with Crippen molar-refractivity contribution < 1.29 is 9.90 Å². The van der Waals surface area contributed by atoms with Gasteiger partial charge in [0.2, 0.25) is 5.91 Å². The van der Waals surface area contributed by atoms with Gasteiger partial charge in [-0.3, -0.25) is 4.79 Å². The first-order valence-electron chi connectivity index (χ1n) is 7.79. The van der Waals surface area contributed by atoms with Crippen LogP contribution in [0.15, 0.2) is 6.33 Å². The van der Waals surface area contributed by atoms with Crippen LogP contribution in [-0.4, -0.2) is 43.9 Å². The second-order valence-corrected chi connectivity index (χ2v) is 5.99. The lowest BCUT2D eigenvalue weighted by molar-refractivity contribution is -0.134. The number of hydrogen-bond acceptors (Lipinski definition) is 5. The summed E-state index contributed by atoms with van der Waals surface area (Å²) in [5, 5.41) is 23.9. The van der Waals surface area contributed by atoms with Gasteiger partial charge in [0.05, 0.1) is 12.6 Å². The average Bonchev–Trinajstić information content (AvgIpc) is 3.07. The lowest BCUT2D eigenvalue weighted by Crippen LogP contribution is -2.55. The van der Waals surface area contributed by atoms with Crippen molar-refractivity contribution in [1.82, 2.24) is 25.5 Å². The number of hydrogen-bond donors (Lipinski definition) is 2. The molecule has 0 saturated heterocycles. The number of aliphatic hydroxyl groups is 1. The summed E-state index contributed by atoms with van der Waals surface area (Å²) in [7, 11) is 0. The Balaban J connectivity index is 2.19. The van der Waals surface area contributed by atoms with Crippen molar-refractivity contribution in [2.45, 2.75) is 64.0 Å². The van der Waals surface area contributed by atoms with E-state index in [4.69, 9.17) is 0 Å².